The van der Waals surface area contributed by atoms with Gasteiger partial charge in [-0.15, -0.1) is 0 Å². The summed E-state index contributed by atoms with van der Waals surface area (Å²) in [6.07, 6.45) is 8.25. The average Bonchev–Trinajstić information content (AvgIpc) is 3.06. The molecule has 0 aliphatic heterocycles. The second-order valence-electron chi connectivity index (χ2n) is 10.6. The Morgan fingerprint density at radius 3 is 1.11 bits per heavy atom. The zero-order valence-corrected chi connectivity index (χ0v) is 23.9. The SMILES string of the molecule is O=C(O)c1ccccc1-c1ccc(C[n+]2ccc(-c3cc[n+](Cc4ccc(-c5ccccc5C(=O)O)cc4)cc3)cc2)cc1. The van der Waals surface area contributed by atoms with Crippen LogP contribution in [0.5, 0.6) is 0 Å². The van der Waals surface area contributed by atoms with Gasteiger partial charge in [-0.25, -0.2) is 18.7 Å². The van der Waals surface area contributed by atoms with Crippen LogP contribution in [0.25, 0.3) is 33.4 Å². The van der Waals surface area contributed by atoms with Gasteiger partial charge in [-0.05, 0) is 45.5 Å². The van der Waals surface area contributed by atoms with Crippen LogP contribution in [0.15, 0.2) is 146 Å². The third-order valence-electron chi connectivity index (χ3n) is 7.69. The molecule has 2 N–H and O–H groups in total. The van der Waals surface area contributed by atoms with E-state index in [4.69, 9.17) is 0 Å². The Hall–Kier alpha value is -5.88. The zero-order chi connectivity index (χ0) is 30.5. The molecule has 4 aromatic carbocycles. The molecule has 6 rings (SSSR count). The van der Waals surface area contributed by atoms with Crippen molar-refractivity contribution in [3.05, 3.63) is 168 Å². The molecule has 0 bridgehead atoms. The van der Waals surface area contributed by atoms with E-state index in [1.165, 1.54) is 0 Å². The van der Waals surface area contributed by atoms with Gasteiger partial charge in [-0.3, -0.25) is 0 Å². The van der Waals surface area contributed by atoms with Crippen LogP contribution in [-0.4, -0.2) is 22.2 Å². The largest absolute Gasteiger partial charge is 0.478 e. The number of aromatic carboxylic acids is 2. The summed E-state index contributed by atoms with van der Waals surface area (Å²) in [5.74, 6) is -1.86. The van der Waals surface area contributed by atoms with Gasteiger partial charge in [-0.1, -0.05) is 84.9 Å². The summed E-state index contributed by atoms with van der Waals surface area (Å²) in [5.41, 5.74) is 8.27. The minimum absolute atomic E-state index is 0.298. The Kier molecular flexibility index (Phi) is 8.06. The zero-order valence-electron chi connectivity index (χ0n) is 23.9. The molecule has 0 saturated carbocycles. The van der Waals surface area contributed by atoms with Crippen molar-refractivity contribution >= 4 is 11.9 Å². The topological polar surface area (TPSA) is 82.4 Å². The van der Waals surface area contributed by atoms with Gasteiger partial charge in [0, 0.05) is 35.4 Å². The van der Waals surface area contributed by atoms with Crippen LogP contribution in [0.4, 0.5) is 0 Å². The highest BCUT2D eigenvalue weighted by atomic mass is 16.4. The van der Waals surface area contributed by atoms with Gasteiger partial charge in [0.1, 0.15) is 0 Å². The first-order chi connectivity index (χ1) is 21.4. The highest BCUT2D eigenvalue weighted by Crippen LogP contribution is 2.25. The maximum atomic E-state index is 11.6. The fourth-order valence-corrected chi connectivity index (χ4v) is 5.35. The maximum absolute atomic E-state index is 11.6. The van der Waals surface area contributed by atoms with Gasteiger partial charge in [0.05, 0.1) is 11.1 Å². The molecular formula is C38H30N2O4+2. The van der Waals surface area contributed by atoms with Gasteiger partial charge in [0.15, 0.2) is 37.9 Å². The van der Waals surface area contributed by atoms with E-state index in [0.717, 1.165) is 33.4 Å². The Morgan fingerprint density at radius 1 is 0.432 bits per heavy atom. The molecule has 0 unspecified atom stereocenters. The summed E-state index contributed by atoms with van der Waals surface area (Å²) >= 11 is 0. The number of carboxylic acids is 2. The smallest absolute Gasteiger partial charge is 0.336 e. The van der Waals surface area contributed by atoms with E-state index < -0.39 is 11.9 Å². The van der Waals surface area contributed by atoms with E-state index in [2.05, 4.69) is 58.2 Å². The van der Waals surface area contributed by atoms with Crippen molar-refractivity contribution < 1.29 is 28.9 Å². The molecule has 2 aromatic heterocycles. The number of carbonyl (C=O) groups is 2. The van der Waals surface area contributed by atoms with E-state index in [-0.39, 0.29) is 0 Å². The highest BCUT2D eigenvalue weighted by molar-refractivity contribution is 5.96. The molecule has 0 saturated heterocycles. The molecule has 2 heterocycles. The molecule has 6 nitrogen and oxygen atoms in total. The first-order valence-electron chi connectivity index (χ1n) is 14.3. The molecule has 0 radical (unpaired) electrons. The predicted octanol–water partition coefficient (Wildman–Crippen LogP) is 6.76. The van der Waals surface area contributed by atoms with Crippen LogP contribution < -0.4 is 9.13 Å². The van der Waals surface area contributed by atoms with E-state index in [1.54, 1.807) is 24.3 Å². The van der Waals surface area contributed by atoms with Crippen molar-refractivity contribution in [2.75, 3.05) is 0 Å². The Labute approximate surface area is 255 Å². The van der Waals surface area contributed by atoms with E-state index in [1.807, 2.05) is 72.8 Å². The molecule has 0 aliphatic carbocycles. The molecule has 0 aliphatic rings. The summed E-state index contributed by atoms with van der Waals surface area (Å²) in [6.45, 7) is 1.41. The number of nitrogens with zero attached hydrogens (tertiary/aromatic N) is 2. The number of hydrogen-bond donors (Lipinski definition) is 2. The number of carboxylic acid groups (broad SMARTS) is 2. The summed E-state index contributed by atoms with van der Waals surface area (Å²) in [7, 11) is 0. The van der Waals surface area contributed by atoms with Crippen LogP contribution in [0.2, 0.25) is 0 Å². The fourth-order valence-electron chi connectivity index (χ4n) is 5.35. The van der Waals surface area contributed by atoms with Gasteiger partial charge < -0.3 is 10.2 Å². The van der Waals surface area contributed by atoms with Crippen molar-refractivity contribution in [3.63, 3.8) is 0 Å². The third-order valence-corrected chi connectivity index (χ3v) is 7.69. The van der Waals surface area contributed by atoms with Crippen LogP contribution in [0, 0.1) is 0 Å². The Balaban J connectivity index is 1.09. The van der Waals surface area contributed by atoms with E-state index in [0.29, 0.717) is 35.3 Å². The van der Waals surface area contributed by atoms with Crippen molar-refractivity contribution in [2.45, 2.75) is 13.1 Å². The number of aromatic nitrogens is 2. The molecule has 6 heteroatoms. The quantitative estimate of drug-likeness (QED) is 0.186. The van der Waals surface area contributed by atoms with Crippen LogP contribution in [0.3, 0.4) is 0 Å². The minimum atomic E-state index is -0.929. The van der Waals surface area contributed by atoms with E-state index >= 15 is 0 Å². The maximum Gasteiger partial charge on any atom is 0.336 e. The molecular weight excluding hydrogens is 548 g/mol. The average molecular weight is 579 g/mol. The van der Waals surface area contributed by atoms with Crippen molar-refractivity contribution in [3.8, 4) is 33.4 Å². The number of pyridine rings is 2. The summed E-state index contributed by atoms with van der Waals surface area (Å²) < 4.78 is 4.23. The first kappa shape index (κ1) is 28.2. The highest BCUT2D eigenvalue weighted by Gasteiger charge is 2.13. The number of benzene rings is 4. The monoisotopic (exact) mass is 578 g/mol. The lowest BCUT2D eigenvalue weighted by Gasteiger charge is -2.07. The Morgan fingerprint density at radius 2 is 0.773 bits per heavy atom. The molecule has 0 amide bonds. The van der Waals surface area contributed by atoms with Gasteiger partial charge in [0.2, 0.25) is 0 Å². The van der Waals surface area contributed by atoms with Crippen molar-refractivity contribution in [2.24, 2.45) is 0 Å². The summed E-state index contributed by atoms with van der Waals surface area (Å²) in [6, 6.07) is 38.5. The predicted molar refractivity (Wildman–Crippen MR) is 168 cm³/mol. The lowest BCUT2D eigenvalue weighted by molar-refractivity contribution is -0.688. The summed E-state index contributed by atoms with van der Waals surface area (Å²) in [5, 5.41) is 19.0. The first-order valence-corrected chi connectivity index (χ1v) is 14.3. The second-order valence-corrected chi connectivity index (χ2v) is 10.6. The standard InChI is InChI=1S/C38H28N2O4/c41-37(42)35-7-3-1-5-33(35)31-13-9-27(10-14-31)25-39-21-17-29(18-22-39)30-19-23-40(24-20-30)26-28-11-15-32(16-12-28)34-6-2-4-8-36(34)38(43)44/h1-24H,25-26H2/p+2. The molecule has 44 heavy (non-hydrogen) atoms. The van der Waals surface area contributed by atoms with Crippen molar-refractivity contribution in [1.29, 1.82) is 0 Å². The third kappa shape index (κ3) is 6.30. The lowest BCUT2D eigenvalue weighted by atomic mass is 9.98. The van der Waals surface area contributed by atoms with Crippen LogP contribution >= 0.6 is 0 Å². The normalized spacial score (nSPS) is 10.8. The van der Waals surface area contributed by atoms with Crippen LogP contribution in [0.1, 0.15) is 31.8 Å². The molecule has 0 spiro atoms. The minimum Gasteiger partial charge on any atom is -0.478 e. The molecule has 0 atom stereocenters. The second kappa shape index (κ2) is 12.5. The summed E-state index contributed by atoms with van der Waals surface area (Å²) in [4.78, 5) is 23.2. The van der Waals surface area contributed by atoms with Gasteiger partial charge in [0.25, 0.3) is 0 Å². The molecule has 0 fully saturated rings. The Bertz CT molecular complexity index is 1790. The van der Waals surface area contributed by atoms with E-state index in [9.17, 15) is 19.8 Å². The van der Waals surface area contributed by atoms with Crippen LogP contribution in [-0.2, 0) is 13.1 Å². The number of rotatable bonds is 9. The van der Waals surface area contributed by atoms with Crippen molar-refractivity contribution in [1.82, 2.24) is 0 Å². The fraction of sp³-hybridized carbons (Fsp3) is 0.0526. The van der Waals surface area contributed by atoms with Gasteiger partial charge in [-0.2, -0.15) is 0 Å². The van der Waals surface area contributed by atoms with Gasteiger partial charge >= 0.3 is 11.9 Å². The molecule has 6 aromatic rings. The number of hydrogen-bond acceptors (Lipinski definition) is 2. The molecule has 214 valence electrons. The lowest BCUT2D eigenvalue weighted by Crippen LogP contribution is -2.33.